The summed E-state index contributed by atoms with van der Waals surface area (Å²) in [5.41, 5.74) is 8.81. The maximum Gasteiger partial charge on any atom is 0.0938 e. The molecule has 0 saturated carbocycles. The van der Waals surface area contributed by atoms with Crippen molar-refractivity contribution in [2.75, 3.05) is 0 Å². The fourth-order valence-corrected chi connectivity index (χ4v) is 1.84. The summed E-state index contributed by atoms with van der Waals surface area (Å²) in [6, 6.07) is 17.7. The van der Waals surface area contributed by atoms with Crippen molar-refractivity contribution in [3.8, 4) is 11.1 Å². The Labute approximate surface area is 102 Å². The monoisotopic (exact) mass is 227 g/mol. The molecule has 17 heavy (non-hydrogen) atoms. The highest BCUT2D eigenvalue weighted by molar-refractivity contribution is 5.64. The van der Waals surface area contributed by atoms with Crippen LogP contribution in [0.25, 0.3) is 11.1 Å². The Morgan fingerprint density at radius 3 is 2.24 bits per heavy atom. The van der Waals surface area contributed by atoms with Crippen molar-refractivity contribution in [2.45, 2.75) is 19.1 Å². The van der Waals surface area contributed by atoms with E-state index < -0.39 is 6.10 Å². The summed E-state index contributed by atoms with van der Waals surface area (Å²) >= 11 is 0. The molecule has 0 aliphatic heterocycles. The molecule has 2 aromatic rings. The normalized spacial score (nSPS) is 14.3. The van der Waals surface area contributed by atoms with Crippen LogP contribution < -0.4 is 5.73 Å². The fraction of sp³-hybridized carbons (Fsp3) is 0.200. The Balaban J connectivity index is 2.35. The van der Waals surface area contributed by atoms with E-state index in [0.29, 0.717) is 0 Å². The first kappa shape index (κ1) is 11.8. The molecular weight excluding hydrogens is 210 g/mol. The molecule has 0 spiro atoms. The molecule has 0 aliphatic rings. The van der Waals surface area contributed by atoms with Gasteiger partial charge in [-0.2, -0.15) is 0 Å². The Morgan fingerprint density at radius 1 is 0.941 bits per heavy atom. The zero-order valence-corrected chi connectivity index (χ0v) is 9.88. The Hall–Kier alpha value is -1.64. The number of nitrogens with two attached hydrogens (primary N) is 1. The summed E-state index contributed by atoms with van der Waals surface area (Å²) in [5, 5.41) is 9.94. The SMILES string of the molecule is C[C@@H](N)[C@@H](O)c1cccc(-c2ccccc2)c1. The van der Waals surface area contributed by atoms with Gasteiger partial charge in [-0.15, -0.1) is 0 Å². The van der Waals surface area contributed by atoms with Gasteiger partial charge in [0.2, 0.25) is 0 Å². The van der Waals surface area contributed by atoms with Crippen LogP contribution in [0.1, 0.15) is 18.6 Å². The van der Waals surface area contributed by atoms with Gasteiger partial charge in [-0.3, -0.25) is 0 Å². The molecule has 0 aliphatic carbocycles. The van der Waals surface area contributed by atoms with Crippen LogP contribution in [0.3, 0.4) is 0 Å². The second kappa shape index (κ2) is 5.13. The molecule has 2 aromatic carbocycles. The van der Waals surface area contributed by atoms with Crippen LogP contribution in [0.4, 0.5) is 0 Å². The molecule has 88 valence electrons. The van der Waals surface area contributed by atoms with Gasteiger partial charge in [0.15, 0.2) is 0 Å². The molecular formula is C15H17NO. The lowest BCUT2D eigenvalue weighted by molar-refractivity contribution is 0.153. The molecule has 2 nitrogen and oxygen atoms in total. The van der Waals surface area contributed by atoms with Gasteiger partial charge in [0, 0.05) is 6.04 Å². The number of rotatable bonds is 3. The highest BCUT2D eigenvalue weighted by Gasteiger charge is 2.12. The first-order chi connectivity index (χ1) is 8.18. The summed E-state index contributed by atoms with van der Waals surface area (Å²) in [4.78, 5) is 0. The van der Waals surface area contributed by atoms with E-state index in [9.17, 15) is 5.11 Å². The molecule has 0 unspecified atom stereocenters. The van der Waals surface area contributed by atoms with E-state index in [1.165, 1.54) is 0 Å². The van der Waals surface area contributed by atoms with E-state index in [1.54, 1.807) is 6.92 Å². The van der Waals surface area contributed by atoms with Gasteiger partial charge in [-0.25, -0.2) is 0 Å². The topological polar surface area (TPSA) is 46.2 Å². The van der Waals surface area contributed by atoms with Gasteiger partial charge in [0.05, 0.1) is 6.10 Å². The molecule has 2 heteroatoms. The van der Waals surface area contributed by atoms with Gasteiger partial charge in [-0.1, -0.05) is 48.5 Å². The summed E-state index contributed by atoms with van der Waals surface area (Å²) in [6.07, 6.45) is -0.612. The lowest BCUT2D eigenvalue weighted by Crippen LogP contribution is -2.24. The van der Waals surface area contributed by atoms with Gasteiger partial charge in [0.25, 0.3) is 0 Å². The second-order valence-electron chi connectivity index (χ2n) is 4.30. The van der Waals surface area contributed by atoms with E-state index in [-0.39, 0.29) is 6.04 Å². The number of aliphatic hydroxyl groups excluding tert-OH is 1. The highest BCUT2D eigenvalue weighted by atomic mass is 16.3. The minimum atomic E-state index is -0.612. The number of aliphatic hydroxyl groups is 1. The van der Waals surface area contributed by atoms with Crippen LogP contribution in [0.2, 0.25) is 0 Å². The van der Waals surface area contributed by atoms with Gasteiger partial charge in [-0.05, 0) is 29.7 Å². The van der Waals surface area contributed by atoms with Crippen LogP contribution in [0.15, 0.2) is 54.6 Å². The third-order valence-electron chi connectivity index (χ3n) is 2.83. The third kappa shape index (κ3) is 2.73. The van der Waals surface area contributed by atoms with Crippen LogP contribution in [-0.4, -0.2) is 11.1 Å². The Kier molecular flexibility index (Phi) is 3.57. The quantitative estimate of drug-likeness (QED) is 0.847. The van der Waals surface area contributed by atoms with Crippen LogP contribution in [-0.2, 0) is 0 Å². The molecule has 2 rings (SSSR count). The molecule has 0 saturated heterocycles. The first-order valence-electron chi connectivity index (χ1n) is 5.77. The average Bonchev–Trinajstić information content (AvgIpc) is 2.39. The summed E-state index contributed by atoms with van der Waals surface area (Å²) < 4.78 is 0. The smallest absolute Gasteiger partial charge is 0.0938 e. The highest BCUT2D eigenvalue weighted by Crippen LogP contribution is 2.23. The maximum absolute atomic E-state index is 9.94. The second-order valence-corrected chi connectivity index (χ2v) is 4.30. The van der Waals surface area contributed by atoms with Gasteiger partial charge in [0.1, 0.15) is 0 Å². The Morgan fingerprint density at radius 2 is 1.59 bits per heavy atom. The molecule has 0 bridgehead atoms. The molecule has 0 amide bonds. The molecule has 0 fully saturated rings. The largest absolute Gasteiger partial charge is 0.387 e. The summed E-state index contributed by atoms with van der Waals surface area (Å²) in [5.74, 6) is 0. The molecule has 3 N–H and O–H groups in total. The molecule has 0 aromatic heterocycles. The van der Waals surface area contributed by atoms with E-state index >= 15 is 0 Å². The van der Waals surface area contributed by atoms with Gasteiger partial charge < -0.3 is 10.8 Å². The van der Waals surface area contributed by atoms with E-state index in [0.717, 1.165) is 16.7 Å². The Bertz CT molecular complexity index is 479. The number of hydrogen-bond donors (Lipinski definition) is 2. The molecule has 0 radical (unpaired) electrons. The van der Waals surface area contributed by atoms with Crippen LogP contribution in [0, 0.1) is 0 Å². The van der Waals surface area contributed by atoms with E-state index in [1.807, 2.05) is 42.5 Å². The van der Waals surface area contributed by atoms with Gasteiger partial charge >= 0.3 is 0 Å². The average molecular weight is 227 g/mol. The van der Waals surface area contributed by atoms with E-state index in [4.69, 9.17) is 5.73 Å². The van der Waals surface area contributed by atoms with Crippen LogP contribution in [0.5, 0.6) is 0 Å². The number of hydrogen-bond acceptors (Lipinski definition) is 2. The van der Waals surface area contributed by atoms with Crippen molar-refractivity contribution in [2.24, 2.45) is 5.73 Å². The first-order valence-corrected chi connectivity index (χ1v) is 5.77. The third-order valence-corrected chi connectivity index (χ3v) is 2.83. The summed E-state index contributed by atoms with van der Waals surface area (Å²) in [6.45, 7) is 1.81. The number of benzene rings is 2. The van der Waals surface area contributed by atoms with Crippen molar-refractivity contribution in [3.63, 3.8) is 0 Å². The van der Waals surface area contributed by atoms with Crippen molar-refractivity contribution in [1.29, 1.82) is 0 Å². The molecule has 2 atom stereocenters. The standard InChI is InChI=1S/C15H17NO/c1-11(16)15(17)14-9-5-8-13(10-14)12-6-3-2-4-7-12/h2-11,15,17H,16H2,1H3/t11-,15-/m1/s1. The van der Waals surface area contributed by atoms with Crippen molar-refractivity contribution in [3.05, 3.63) is 60.2 Å². The minimum Gasteiger partial charge on any atom is -0.387 e. The van der Waals surface area contributed by atoms with Crippen molar-refractivity contribution >= 4 is 0 Å². The van der Waals surface area contributed by atoms with Crippen molar-refractivity contribution in [1.82, 2.24) is 0 Å². The maximum atomic E-state index is 9.94. The predicted octanol–water partition coefficient (Wildman–Crippen LogP) is 2.73. The fourth-order valence-electron chi connectivity index (χ4n) is 1.84. The zero-order valence-electron chi connectivity index (χ0n) is 9.88. The lowest BCUT2D eigenvalue weighted by Gasteiger charge is -2.15. The zero-order chi connectivity index (χ0) is 12.3. The minimum absolute atomic E-state index is 0.263. The van der Waals surface area contributed by atoms with E-state index in [2.05, 4.69) is 12.1 Å². The predicted molar refractivity (Wildman–Crippen MR) is 70.5 cm³/mol. The molecule has 0 heterocycles. The van der Waals surface area contributed by atoms with Crippen LogP contribution >= 0.6 is 0 Å². The lowest BCUT2D eigenvalue weighted by atomic mass is 9.98. The summed E-state index contributed by atoms with van der Waals surface area (Å²) in [7, 11) is 0. The van der Waals surface area contributed by atoms with Crippen molar-refractivity contribution < 1.29 is 5.11 Å².